The second-order valence-electron chi connectivity index (χ2n) is 3.30. The predicted octanol–water partition coefficient (Wildman–Crippen LogP) is 0.904. The lowest BCUT2D eigenvalue weighted by Gasteiger charge is -2.12. The number of carbonyl (C=O) groups is 1. The van der Waals surface area contributed by atoms with Crippen molar-refractivity contribution in [2.45, 2.75) is 13.3 Å². The van der Waals surface area contributed by atoms with Crippen LogP contribution in [-0.4, -0.2) is 42.0 Å². The highest BCUT2D eigenvalue weighted by atomic mass is 19.3. The fourth-order valence-electron chi connectivity index (χ4n) is 1.69. The SMILES string of the molecule is CCN1C[C@H](C(=O)O)[C@@H](C(F)F)C1. The van der Waals surface area contributed by atoms with E-state index in [1.807, 2.05) is 6.92 Å². The summed E-state index contributed by atoms with van der Waals surface area (Å²) in [5.41, 5.74) is 0. The van der Waals surface area contributed by atoms with E-state index in [0.29, 0.717) is 6.54 Å². The normalized spacial score (nSPS) is 29.8. The van der Waals surface area contributed by atoms with E-state index in [2.05, 4.69) is 0 Å². The summed E-state index contributed by atoms with van der Waals surface area (Å²) in [6, 6.07) is 0. The molecule has 0 aromatic rings. The zero-order valence-corrected chi connectivity index (χ0v) is 7.41. The number of likely N-dealkylation sites (tertiary alicyclic amines) is 1. The molecular weight excluding hydrogens is 180 g/mol. The number of halogens is 2. The van der Waals surface area contributed by atoms with Gasteiger partial charge < -0.3 is 10.0 Å². The first-order chi connectivity index (χ1) is 6.06. The molecule has 0 unspecified atom stereocenters. The van der Waals surface area contributed by atoms with Crippen molar-refractivity contribution in [3.63, 3.8) is 0 Å². The van der Waals surface area contributed by atoms with Crippen LogP contribution in [0.3, 0.4) is 0 Å². The number of rotatable bonds is 3. The van der Waals surface area contributed by atoms with Crippen LogP contribution in [0, 0.1) is 11.8 Å². The number of hydrogen-bond donors (Lipinski definition) is 1. The Morgan fingerprint density at radius 3 is 2.54 bits per heavy atom. The van der Waals surface area contributed by atoms with Crippen molar-refractivity contribution in [3.8, 4) is 0 Å². The Bertz CT molecular complexity index is 199. The van der Waals surface area contributed by atoms with Crippen molar-refractivity contribution < 1.29 is 18.7 Å². The first kappa shape index (κ1) is 10.4. The average Bonchev–Trinajstić information content (AvgIpc) is 2.47. The second kappa shape index (κ2) is 4.00. The molecule has 0 saturated carbocycles. The minimum Gasteiger partial charge on any atom is -0.481 e. The summed E-state index contributed by atoms with van der Waals surface area (Å²) in [5.74, 6) is -3.02. The second-order valence-corrected chi connectivity index (χ2v) is 3.30. The van der Waals surface area contributed by atoms with Crippen molar-refractivity contribution in [1.82, 2.24) is 4.90 Å². The van der Waals surface area contributed by atoms with Crippen molar-refractivity contribution >= 4 is 5.97 Å². The molecule has 0 bridgehead atoms. The van der Waals surface area contributed by atoms with Crippen LogP contribution in [-0.2, 0) is 4.79 Å². The molecule has 1 saturated heterocycles. The van der Waals surface area contributed by atoms with Crippen LogP contribution in [0.1, 0.15) is 6.92 Å². The number of hydrogen-bond acceptors (Lipinski definition) is 2. The molecule has 1 fully saturated rings. The molecule has 1 aliphatic rings. The maximum absolute atomic E-state index is 12.4. The molecule has 13 heavy (non-hydrogen) atoms. The van der Waals surface area contributed by atoms with Gasteiger partial charge in [-0.1, -0.05) is 6.92 Å². The number of aliphatic carboxylic acids is 1. The lowest BCUT2D eigenvalue weighted by atomic mass is 9.97. The topological polar surface area (TPSA) is 40.5 Å². The number of nitrogens with zero attached hydrogens (tertiary/aromatic N) is 1. The minimum absolute atomic E-state index is 0.200. The van der Waals surface area contributed by atoms with Crippen LogP contribution in [0.2, 0.25) is 0 Å². The maximum atomic E-state index is 12.4. The Morgan fingerprint density at radius 2 is 2.23 bits per heavy atom. The first-order valence-corrected chi connectivity index (χ1v) is 4.29. The van der Waals surface area contributed by atoms with Crippen LogP contribution in [0.4, 0.5) is 8.78 Å². The quantitative estimate of drug-likeness (QED) is 0.724. The van der Waals surface area contributed by atoms with Crippen LogP contribution >= 0.6 is 0 Å². The molecule has 3 nitrogen and oxygen atoms in total. The molecular formula is C8H13F2NO2. The zero-order valence-electron chi connectivity index (χ0n) is 7.41. The van der Waals surface area contributed by atoms with E-state index < -0.39 is 24.2 Å². The molecule has 5 heteroatoms. The van der Waals surface area contributed by atoms with E-state index in [1.54, 1.807) is 4.90 Å². The Hall–Kier alpha value is -0.710. The summed E-state index contributed by atoms with van der Waals surface area (Å²) in [6.07, 6.45) is -2.53. The maximum Gasteiger partial charge on any atom is 0.308 e. The van der Waals surface area contributed by atoms with Crippen molar-refractivity contribution in [3.05, 3.63) is 0 Å². The van der Waals surface area contributed by atoms with Gasteiger partial charge in [-0.15, -0.1) is 0 Å². The van der Waals surface area contributed by atoms with Gasteiger partial charge in [-0.3, -0.25) is 4.79 Å². The van der Waals surface area contributed by atoms with Crippen LogP contribution in [0.25, 0.3) is 0 Å². The molecule has 1 N–H and O–H groups in total. The van der Waals surface area contributed by atoms with E-state index in [1.165, 1.54) is 0 Å². The molecule has 1 rings (SSSR count). The summed E-state index contributed by atoms with van der Waals surface area (Å²) in [6.45, 7) is 2.92. The number of carboxylic acid groups (broad SMARTS) is 1. The molecule has 0 aromatic carbocycles. The van der Waals surface area contributed by atoms with E-state index in [4.69, 9.17) is 5.11 Å². The monoisotopic (exact) mass is 193 g/mol. The Labute approximate surface area is 75.3 Å². The van der Waals surface area contributed by atoms with E-state index >= 15 is 0 Å². The lowest BCUT2D eigenvalue weighted by Crippen LogP contribution is -2.27. The molecule has 0 spiro atoms. The smallest absolute Gasteiger partial charge is 0.308 e. The Balaban J connectivity index is 2.65. The molecule has 2 atom stereocenters. The molecule has 76 valence electrons. The van der Waals surface area contributed by atoms with E-state index in [9.17, 15) is 13.6 Å². The third kappa shape index (κ3) is 2.15. The fraction of sp³-hybridized carbons (Fsp3) is 0.875. The van der Waals surface area contributed by atoms with E-state index in [0.717, 1.165) is 0 Å². The molecule has 0 radical (unpaired) electrons. The molecule has 0 aliphatic carbocycles. The first-order valence-electron chi connectivity index (χ1n) is 4.29. The standard InChI is InChI=1S/C8H13F2NO2/c1-2-11-3-5(7(9)10)6(4-11)8(12)13/h5-7H,2-4H2,1H3,(H,12,13)/t5-,6-/m0/s1. The van der Waals surface area contributed by atoms with Crippen molar-refractivity contribution in [2.75, 3.05) is 19.6 Å². The van der Waals surface area contributed by atoms with Gasteiger partial charge in [0, 0.05) is 19.0 Å². The van der Waals surface area contributed by atoms with Crippen LogP contribution in [0.5, 0.6) is 0 Å². The molecule has 1 heterocycles. The van der Waals surface area contributed by atoms with Crippen LogP contribution in [0.15, 0.2) is 0 Å². The molecule has 0 aromatic heterocycles. The van der Waals surface area contributed by atoms with Crippen molar-refractivity contribution in [2.24, 2.45) is 11.8 Å². The van der Waals surface area contributed by atoms with Crippen LogP contribution < -0.4 is 0 Å². The van der Waals surface area contributed by atoms with Gasteiger partial charge in [0.25, 0.3) is 0 Å². The predicted molar refractivity (Wildman–Crippen MR) is 42.7 cm³/mol. The summed E-state index contributed by atoms with van der Waals surface area (Å²) in [7, 11) is 0. The highest BCUT2D eigenvalue weighted by molar-refractivity contribution is 5.71. The summed E-state index contributed by atoms with van der Waals surface area (Å²) in [5, 5.41) is 8.69. The van der Waals surface area contributed by atoms with E-state index in [-0.39, 0.29) is 13.1 Å². The Morgan fingerprint density at radius 1 is 1.62 bits per heavy atom. The molecule has 1 aliphatic heterocycles. The van der Waals surface area contributed by atoms with Gasteiger partial charge >= 0.3 is 5.97 Å². The fourth-order valence-corrected chi connectivity index (χ4v) is 1.69. The highest BCUT2D eigenvalue weighted by Crippen LogP contribution is 2.28. The van der Waals surface area contributed by atoms with Gasteiger partial charge in [-0.2, -0.15) is 0 Å². The van der Waals surface area contributed by atoms with Crippen molar-refractivity contribution in [1.29, 1.82) is 0 Å². The van der Waals surface area contributed by atoms with Gasteiger partial charge in [0.05, 0.1) is 5.92 Å². The van der Waals surface area contributed by atoms with Gasteiger partial charge in [0.2, 0.25) is 6.43 Å². The number of carboxylic acids is 1. The highest BCUT2D eigenvalue weighted by Gasteiger charge is 2.41. The van der Waals surface area contributed by atoms with Gasteiger partial charge in [0.15, 0.2) is 0 Å². The third-order valence-electron chi connectivity index (χ3n) is 2.53. The largest absolute Gasteiger partial charge is 0.481 e. The average molecular weight is 193 g/mol. The Kier molecular flexibility index (Phi) is 3.19. The third-order valence-corrected chi connectivity index (χ3v) is 2.53. The summed E-state index contributed by atoms with van der Waals surface area (Å²) < 4.78 is 24.7. The number of alkyl halides is 2. The molecule has 0 amide bonds. The lowest BCUT2D eigenvalue weighted by molar-refractivity contribution is -0.144. The summed E-state index contributed by atoms with van der Waals surface area (Å²) >= 11 is 0. The zero-order chi connectivity index (χ0) is 10.0. The summed E-state index contributed by atoms with van der Waals surface area (Å²) in [4.78, 5) is 12.4. The minimum atomic E-state index is -2.53. The van der Waals surface area contributed by atoms with Gasteiger partial charge in [-0.25, -0.2) is 8.78 Å². The van der Waals surface area contributed by atoms with Gasteiger partial charge in [-0.05, 0) is 6.54 Å². The van der Waals surface area contributed by atoms with Gasteiger partial charge in [0.1, 0.15) is 0 Å².